The van der Waals surface area contributed by atoms with Crippen molar-refractivity contribution in [1.82, 2.24) is 5.32 Å². The van der Waals surface area contributed by atoms with Gasteiger partial charge in [0.15, 0.2) is 0 Å². The number of benzene rings is 1. The van der Waals surface area contributed by atoms with E-state index in [9.17, 15) is 4.39 Å². The molecule has 1 aromatic rings. The van der Waals surface area contributed by atoms with Crippen LogP contribution in [0.25, 0.3) is 0 Å². The van der Waals surface area contributed by atoms with Gasteiger partial charge in [-0.3, -0.25) is 0 Å². The summed E-state index contributed by atoms with van der Waals surface area (Å²) in [6.45, 7) is 3.15. The summed E-state index contributed by atoms with van der Waals surface area (Å²) in [5.41, 5.74) is 1.05. The third-order valence-corrected chi connectivity index (χ3v) is 3.75. The Morgan fingerprint density at radius 2 is 2.24 bits per heavy atom. The Morgan fingerprint density at radius 1 is 1.47 bits per heavy atom. The summed E-state index contributed by atoms with van der Waals surface area (Å²) < 4.78 is 12.9. The van der Waals surface area contributed by atoms with Gasteiger partial charge in [-0.05, 0) is 55.8 Å². The van der Waals surface area contributed by atoms with Crippen molar-refractivity contribution < 1.29 is 4.39 Å². The summed E-state index contributed by atoms with van der Waals surface area (Å²) in [4.78, 5) is 0. The second-order valence-electron chi connectivity index (χ2n) is 4.78. The molecule has 1 fully saturated rings. The molecule has 1 aromatic carbocycles. The maximum absolute atomic E-state index is 12.9. The molecule has 0 saturated heterocycles. The maximum atomic E-state index is 12.9. The lowest BCUT2D eigenvalue weighted by atomic mass is 10.0. The predicted octanol–water partition coefficient (Wildman–Crippen LogP) is 3.80. The standard InChI is InChI=1S/C14H19ClFN/c1-2-17-14(11-3-4-11)8-6-10-5-7-12(16)9-13(10)15/h5,7,9,11,14,17H,2-4,6,8H2,1H3. The fourth-order valence-electron chi connectivity index (χ4n) is 2.30. The van der Waals surface area contributed by atoms with Crippen LogP contribution in [0.2, 0.25) is 5.02 Å². The number of nitrogens with one attached hydrogen (secondary N) is 1. The van der Waals surface area contributed by atoms with Crippen molar-refractivity contribution in [1.29, 1.82) is 0 Å². The van der Waals surface area contributed by atoms with Gasteiger partial charge in [0, 0.05) is 11.1 Å². The molecule has 0 bridgehead atoms. The van der Waals surface area contributed by atoms with Crippen LogP contribution in [0.1, 0.15) is 31.7 Å². The van der Waals surface area contributed by atoms with Gasteiger partial charge in [0.25, 0.3) is 0 Å². The Balaban J connectivity index is 1.91. The molecular formula is C14H19ClFN. The number of halogens is 2. The van der Waals surface area contributed by atoms with E-state index in [2.05, 4.69) is 12.2 Å². The average molecular weight is 256 g/mol. The first-order chi connectivity index (χ1) is 8.20. The first-order valence-electron chi connectivity index (χ1n) is 6.38. The molecule has 1 aliphatic rings. The van der Waals surface area contributed by atoms with Crippen molar-refractivity contribution in [2.45, 2.75) is 38.6 Å². The van der Waals surface area contributed by atoms with Crippen molar-refractivity contribution in [3.63, 3.8) is 0 Å². The lowest BCUT2D eigenvalue weighted by Gasteiger charge is -2.17. The normalized spacial score (nSPS) is 17.1. The Kier molecular flexibility index (Phi) is 4.41. The van der Waals surface area contributed by atoms with E-state index >= 15 is 0 Å². The van der Waals surface area contributed by atoms with Crippen LogP contribution in [0.3, 0.4) is 0 Å². The molecule has 0 spiro atoms. The fourth-order valence-corrected chi connectivity index (χ4v) is 2.56. The smallest absolute Gasteiger partial charge is 0.124 e. The lowest BCUT2D eigenvalue weighted by molar-refractivity contribution is 0.446. The highest BCUT2D eigenvalue weighted by Crippen LogP contribution is 2.34. The molecular weight excluding hydrogens is 237 g/mol. The molecule has 1 nitrogen and oxygen atoms in total. The van der Waals surface area contributed by atoms with Gasteiger partial charge in [0.2, 0.25) is 0 Å². The third kappa shape index (κ3) is 3.68. The summed E-state index contributed by atoms with van der Waals surface area (Å²) in [5.74, 6) is 0.582. The largest absolute Gasteiger partial charge is 0.314 e. The van der Waals surface area contributed by atoms with Crippen LogP contribution in [0.15, 0.2) is 18.2 Å². The zero-order valence-corrected chi connectivity index (χ0v) is 10.9. The molecule has 0 radical (unpaired) electrons. The molecule has 0 aliphatic heterocycles. The zero-order chi connectivity index (χ0) is 12.3. The van der Waals surface area contributed by atoms with Gasteiger partial charge < -0.3 is 5.32 Å². The van der Waals surface area contributed by atoms with E-state index in [1.807, 2.05) is 0 Å². The molecule has 1 aliphatic carbocycles. The predicted molar refractivity (Wildman–Crippen MR) is 69.9 cm³/mol. The molecule has 17 heavy (non-hydrogen) atoms. The Bertz CT molecular complexity index is 376. The second-order valence-corrected chi connectivity index (χ2v) is 5.18. The van der Waals surface area contributed by atoms with Gasteiger partial charge in [0.1, 0.15) is 5.82 Å². The summed E-state index contributed by atoms with van der Waals surface area (Å²) in [6, 6.07) is 5.28. The first kappa shape index (κ1) is 12.8. The van der Waals surface area contributed by atoms with E-state index in [-0.39, 0.29) is 5.82 Å². The van der Waals surface area contributed by atoms with Crippen molar-refractivity contribution in [3.05, 3.63) is 34.6 Å². The SMILES string of the molecule is CCNC(CCc1ccc(F)cc1Cl)C1CC1. The van der Waals surface area contributed by atoms with Crippen LogP contribution in [0.4, 0.5) is 4.39 Å². The summed E-state index contributed by atoms with van der Waals surface area (Å²) in [6.07, 6.45) is 4.70. The van der Waals surface area contributed by atoms with Crippen molar-refractivity contribution >= 4 is 11.6 Å². The topological polar surface area (TPSA) is 12.0 Å². The molecule has 0 heterocycles. The third-order valence-electron chi connectivity index (χ3n) is 3.40. The highest BCUT2D eigenvalue weighted by Gasteiger charge is 2.30. The fraction of sp³-hybridized carbons (Fsp3) is 0.571. The summed E-state index contributed by atoms with van der Waals surface area (Å²) in [7, 11) is 0. The van der Waals surface area contributed by atoms with Crippen LogP contribution in [0.5, 0.6) is 0 Å². The van der Waals surface area contributed by atoms with Crippen LogP contribution in [-0.2, 0) is 6.42 Å². The zero-order valence-electron chi connectivity index (χ0n) is 10.2. The van der Waals surface area contributed by atoms with E-state index in [0.29, 0.717) is 11.1 Å². The Labute approximate surface area is 107 Å². The quantitative estimate of drug-likeness (QED) is 0.815. The van der Waals surface area contributed by atoms with E-state index in [4.69, 9.17) is 11.6 Å². The number of aryl methyl sites for hydroxylation is 1. The number of rotatable bonds is 6. The van der Waals surface area contributed by atoms with Gasteiger partial charge in [-0.15, -0.1) is 0 Å². The van der Waals surface area contributed by atoms with E-state index in [0.717, 1.165) is 30.9 Å². The molecule has 2 rings (SSSR count). The number of hydrogen-bond donors (Lipinski definition) is 1. The van der Waals surface area contributed by atoms with Crippen molar-refractivity contribution in [3.8, 4) is 0 Å². The Morgan fingerprint density at radius 3 is 2.82 bits per heavy atom. The van der Waals surface area contributed by atoms with Crippen molar-refractivity contribution in [2.75, 3.05) is 6.54 Å². The van der Waals surface area contributed by atoms with Gasteiger partial charge in [-0.2, -0.15) is 0 Å². The minimum atomic E-state index is -0.260. The molecule has 3 heteroatoms. The molecule has 1 saturated carbocycles. The number of hydrogen-bond acceptors (Lipinski definition) is 1. The minimum Gasteiger partial charge on any atom is -0.314 e. The molecule has 1 atom stereocenters. The monoisotopic (exact) mass is 255 g/mol. The van der Waals surface area contributed by atoms with E-state index in [1.54, 1.807) is 6.07 Å². The van der Waals surface area contributed by atoms with Crippen molar-refractivity contribution in [2.24, 2.45) is 5.92 Å². The average Bonchev–Trinajstić information content (AvgIpc) is 3.10. The van der Waals surface area contributed by atoms with Gasteiger partial charge in [-0.25, -0.2) is 4.39 Å². The molecule has 1 unspecified atom stereocenters. The molecule has 0 aromatic heterocycles. The second kappa shape index (κ2) is 5.83. The highest BCUT2D eigenvalue weighted by atomic mass is 35.5. The lowest BCUT2D eigenvalue weighted by Crippen LogP contribution is -2.31. The minimum absolute atomic E-state index is 0.260. The maximum Gasteiger partial charge on any atom is 0.124 e. The van der Waals surface area contributed by atoms with Gasteiger partial charge in [0.05, 0.1) is 0 Å². The highest BCUT2D eigenvalue weighted by molar-refractivity contribution is 6.31. The molecule has 94 valence electrons. The Hall–Kier alpha value is -0.600. The summed E-state index contributed by atoms with van der Waals surface area (Å²) in [5, 5.41) is 4.08. The summed E-state index contributed by atoms with van der Waals surface area (Å²) >= 11 is 6.02. The van der Waals surface area contributed by atoms with E-state index < -0.39 is 0 Å². The molecule has 0 amide bonds. The van der Waals surface area contributed by atoms with Gasteiger partial charge >= 0.3 is 0 Å². The van der Waals surface area contributed by atoms with Crippen LogP contribution in [-0.4, -0.2) is 12.6 Å². The molecule has 1 N–H and O–H groups in total. The van der Waals surface area contributed by atoms with Gasteiger partial charge in [-0.1, -0.05) is 24.6 Å². The van der Waals surface area contributed by atoms with Crippen LogP contribution >= 0.6 is 11.6 Å². The first-order valence-corrected chi connectivity index (χ1v) is 6.75. The van der Waals surface area contributed by atoms with Crippen LogP contribution in [0, 0.1) is 11.7 Å². The van der Waals surface area contributed by atoms with E-state index in [1.165, 1.54) is 25.0 Å². The van der Waals surface area contributed by atoms with Crippen LogP contribution < -0.4 is 5.32 Å².